The van der Waals surface area contributed by atoms with E-state index in [1.807, 2.05) is 0 Å². The van der Waals surface area contributed by atoms with Crippen molar-refractivity contribution in [3.63, 3.8) is 0 Å². The molecule has 0 amide bonds. The van der Waals surface area contributed by atoms with Crippen molar-refractivity contribution >= 4 is 61.3 Å². The van der Waals surface area contributed by atoms with Gasteiger partial charge in [0.2, 0.25) is 12.2 Å². The first kappa shape index (κ1) is 21.7. The Hall–Kier alpha value is -1.29. The lowest BCUT2D eigenvalue weighted by Gasteiger charge is -2.29. The van der Waals surface area contributed by atoms with E-state index in [1.54, 1.807) is 0 Å². The van der Waals surface area contributed by atoms with Gasteiger partial charge in [0.25, 0.3) is 0 Å². The van der Waals surface area contributed by atoms with Crippen LogP contribution in [0, 0.1) is 0 Å². The van der Waals surface area contributed by atoms with E-state index < -0.39 is 47.8 Å². The zero-order valence-electron chi connectivity index (χ0n) is 12.7. The van der Waals surface area contributed by atoms with E-state index in [9.17, 15) is 24.0 Å². The molecule has 0 aliphatic rings. The molecule has 0 saturated carbocycles. The smallest absolute Gasteiger partial charge is 0.303 e. The molecule has 0 aromatic rings. The van der Waals surface area contributed by atoms with Gasteiger partial charge in [-0.3, -0.25) is 24.0 Å². The van der Waals surface area contributed by atoms with Crippen LogP contribution in [0.2, 0.25) is 0 Å². The molecule has 0 unspecified atom stereocenters. The standard InChI is InChI=1S/C13H16Br2O8/c1-6(16)21-11(9(19)4-14)13(23-8(3)18)12(10(20)5-15)22-7(2)17/h11-13H,4-5H2,1-3H3/t11-,12-/m0/s1. The van der Waals surface area contributed by atoms with Crippen LogP contribution in [0.5, 0.6) is 0 Å². The van der Waals surface area contributed by atoms with Gasteiger partial charge in [0.05, 0.1) is 10.7 Å². The highest BCUT2D eigenvalue weighted by atomic mass is 79.9. The monoisotopic (exact) mass is 458 g/mol. The van der Waals surface area contributed by atoms with Gasteiger partial charge >= 0.3 is 17.9 Å². The lowest BCUT2D eigenvalue weighted by molar-refractivity contribution is -0.185. The SMILES string of the molecule is CC(=O)OC([C@@H](OC(C)=O)C(=O)CBr)[C@@H](OC(C)=O)C(=O)CBr. The van der Waals surface area contributed by atoms with Gasteiger partial charge in [-0.2, -0.15) is 0 Å². The summed E-state index contributed by atoms with van der Waals surface area (Å²) >= 11 is 5.82. The number of rotatable bonds is 9. The summed E-state index contributed by atoms with van der Waals surface area (Å²) in [5, 5.41) is -0.448. The first-order valence-corrected chi connectivity index (χ1v) is 8.57. The molecule has 0 spiro atoms. The van der Waals surface area contributed by atoms with Crippen LogP contribution in [0.4, 0.5) is 0 Å². The normalized spacial score (nSPS) is 13.0. The van der Waals surface area contributed by atoms with Crippen molar-refractivity contribution < 1.29 is 38.2 Å². The number of ketones is 2. The molecule has 0 aliphatic heterocycles. The van der Waals surface area contributed by atoms with Crippen LogP contribution in [0.15, 0.2) is 0 Å². The Morgan fingerprint density at radius 3 is 1.22 bits per heavy atom. The third kappa shape index (κ3) is 7.69. The van der Waals surface area contributed by atoms with Gasteiger partial charge in [-0.05, 0) is 0 Å². The molecule has 0 rings (SSSR count). The number of alkyl halides is 2. The van der Waals surface area contributed by atoms with Gasteiger partial charge in [-0.1, -0.05) is 31.9 Å². The van der Waals surface area contributed by atoms with Crippen LogP contribution in [0.25, 0.3) is 0 Å². The third-order valence-corrected chi connectivity index (χ3v) is 3.49. The predicted octanol–water partition coefficient (Wildman–Crippen LogP) is 0.710. The number of halogens is 2. The lowest BCUT2D eigenvalue weighted by Crippen LogP contribution is -2.52. The molecular weight excluding hydrogens is 444 g/mol. The quantitative estimate of drug-likeness (QED) is 0.281. The molecule has 0 N–H and O–H groups in total. The Morgan fingerprint density at radius 2 is 1.00 bits per heavy atom. The molecule has 2 atom stereocenters. The number of ether oxygens (including phenoxy) is 3. The molecule has 0 radical (unpaired) electrons. The maximum absolute atomic E-state index is 12.0. The second kappa shape index (κ2) is 10.5. The fourth-order valence-corrected chi connectivity index (χ4v) is 2.25. The second-order valence-electron chi connectivity index (χ2n) is 4.33. The van der Waals surface area contributed by atoms with Gasteiger partial charge in [0.1, 0.15) is 0 Å². The number of carbonyl (C=O) groups is 5. The highest BCUT2D eigenvalue weighted by Gasteiger charge is 2.43. The molecule has 8 nitrogen and oxygen atoms in total. The van der Waals surface area contributed by atoms with Crippen molar-refractivity contribution in [2.75, 3.05) is 10.7 Å². The summed E-state index contributed by atoms with van der Waals surface area (Å²) in [5.41, 5.74) is 0. The van der Waals surface area contributed by atoms with Crippen LogP contribution in [0.1, 0.15) is 20.8 Å². The summed E-state index contributed by atoms with van der Waals surface area (Å²) in [6.07, 6.45) is -4.78. The number of hydrogen-bond acceptors (Lipinski definition) is 8. The number of carbonyl (C=O) groups excluding carboxylic acids is 5. The summed E-state index contributed by atoms with van der Waals surface area (Å²) in [6.45, 7) is 3.14. The van der Waals surface area contributed by atoms with Crippen molar-refractivity contribution in [2.24, 2.45) is 0 Å². The van der Waals surface area contributed by atoms with Gasteiger partial charge in [-0.25, -0.2) is 0 Å². The molecule has 0 bridgehead atoms. The summed E-state index contributed by atoms with van der Waals surface area (Å²) < 4.78 is 14.7. The fourth-order valence-electron chi connectivity index (χ4n) is 1.62. The van der Waals surface area contributed by atoms with E-state index in [0.29, 0.717) is 0 Å². The van der Waals surface area contributed by atoms with Crippen molar-refractivity contribution in [1.29, 1.82) is 0 Å². The average Bonchev–Trinajstić information content (AvgIpc) is 2.46. The van der Waals surface area contributed by atoms with E-state index >= 15 is 0 Å². The van der Waals surface area contributed by atoms with Gasteiger partial charge in [0, 0.05) is 20.8 Å². The molecule has 0 fully saturated rings. The second-order valence-corrected chi connectivity index (χ2v) is 5.46. The minimum absolute atomic E-state index is 0.224. The Bertz CT molecular complexity index is 454. The van der Waals surface area contributed by atoms with Gasteiger partial charge in [-0.15, -0.1) is 0 Å². The van der Waals surface area contributed by atoms with E-state index in [-0.39, 0.29) is 10.7 Å². The molecule has 0 aromatic carbocycles. The van der Waals surface area contributed by atoms with Crippen LogP contribution >= 0.6 is 31.9 Å². The van der Waals surface area contributed by atoms with E-state index in [4.69, 9.17) is 14.2 Å². The zero-order chi connectivity index (χ0) is 18.2. The van der Waals surface area contributed by atoms with Crippen LogP contribution in [-0.4, -0.2) is 58.4 Å². The number of hydrogen-bond donors (Lipinski definition) is 0. The maximum atomic E-state index is 12.0. The molecule has 0 aromatic heterocycles. The Labute approximate surface area is 149 Å². The largest absolute Gasteiger partial charge is 0.454 e. The van der Waals surface area contributed by atoms with Gasteiger partial charge in [0.15, 0.2) is 17.7 Å². The molecule has 10 heteroatoms. The maximum Gasteiger partial charge on any atom is 0.303 e. The minimum atomic E-state index is -1.59. The molecular formula is C13H16Br2O8. The Balaban J connectivity index is 5.82. The first-order valence-electron chi connectivity index (χ1n) is 6.33. The molecule has 23 heavy (non-hydrogen) atoms. The van der Waals surface area contributed by atoms with Gasteiger partial charge < -0.3 is 14.2 Å². The summed E-state index contributed by atoms with van der Waals surface area (Å²) in [5.74, 6) is -3.81. The zero-order valence-corrected chi connectivity index (χ0v) is 15.8. The molecule has 130 valence electrons. The third-order valence-electron chi connectivity index (χ3n) is 2.38. The van der Waals surface area contributed by atoms with E-state index in [1.165, 1.54) is 0 Å². The van der Waals surface area contributed by atoms with Crippen LogP contribution < -0.4 is 0 Å². The highest BCUT2D eigenvalue weighted by Crippen LogP contribution is 2.17. The Morgan fingerprint density at radius 1 is 0.696 bits per heavy atom. The average molecular weight is 460 g/mol. The lowest BCUT2D eigenvalue weighted by atomic mass is 10.0. The van der Waals surface area contributed by atoms with Crippen molar-refractivity contribution in [3.8, 4) is 0 Å². The fraction of sp³-hybridized carbons (Fsp3) is 0.615. The summed E-state index contributed by atoms with van der Waals surface area (Å²) in [7, 11) is 0. The van der Waals surface area contributed by atoms with Crippen LogP contribution in [0.3, 0.4) is 0 Å². The van der Waals surface area contributed by atoms with Crippen molar-refractivity contribution in [3.05, 3.63) is 0 Å². The molecule has 0 aliphatic carbocycles. The topological polar surface area (TPSA) is 113 Å². The summed E-state index contributed by atoms with van der Waals surface area (Å²) in [6, 6.07) is 0. The van der Waals surface area contributed by atoms with Crippen LogP contribution in [-0.2, 0) is 38.2 Å². The number of esters is 3. The summed E-state index contributed by atoms with van der Waals surface area (Å²) in [4.78, 5) is 57.7. The Kier molecular flexibility index (Phi) is 9.89. The molecule has 0 heterocycles. The highest BCUT2D eigenvalue weighted by molar-refractivity contribution is 9.09. The van der Waals surface area contributed by atoms with Crippen molar-refractivity contribution in [2.45, 2.75) is 39.1 Å². The minimum Gasteiger partial charge on any atom is -0.454 e. The number of Topliss-reactive ketones (excluding diaryl/α,β-unsaturated/α-hetero) is 2. The van der Waals surface area contributed by atoms with E-state index in [0.717, 1.165) is 20.8 Å². The molecule has 0 saturated heterocycles. The predicted molar refractivity (Wildman–Crippen MR) is 84.3 cm³/mol. The van der Waals surface area contributed by atoms with E-state index in [2.05, 4.69) is 31.9 Å². The van der Waals surface area contributed by atoms with Crippen molar-refractivity contribution in [1.82, 2.24) is 0 Å². The first-order chi connectivity index (χ1) is 10.6.